The van der Waals surface area contributed by atoms with Crippen LogP contribution in [0.3, 0.4) is 0 Å². The lowest BCUT2D eigenvalue weighted by Crippen LogP contribution is -2.42. The van der Waals surface area contributed by atoms with Gasteiger partial charge in [-0.1, -0.05) is 30.3 Å². The smallest absolute Gasteiger partial charge is 0.169 e. The summed E-state index contributed by atoms with van der Waals surface area (Å²) in [5.74, 6) is 1.88. The first-order chi connectivity index (χ1) is 17.4. The fraction of sp³-hybridized carbons (Fsp3) is 0.179. The Bertz CT molecular complexity index is 1460. The molecule has 0 aliphatic carbocycles. The number of fused-ring (bicyclic) bond motifs is 1. The average Bonchev–Trinajstić information content (AvgIpc) is 3.30. The number of para-hydroxylation sites is 1. The van der Waals surface area contributed by atoms with Crippen molar-refractivity contribution < 1.29 is 9.84 Å². The van der Waals surface area contributed by atoms with Crippen molar-refractivity contribution in [2.75, 3.05) is 12.3 Å². The highest BCUT2D eigenvalue weighted by molar-refractivity contribution is 5.98. The number of nitrogens with one attached hydrogen (secondary N) is 1. The van der Waals surface area contributed by atoms with E-state index >= 15 is 0 Å². The van der Waals surface area contributed by atoms with Gasteiger partial charge < -0.3 is 20.9 Å². The molecule has 0 saturated heterocycles. The predicted molar refractivity (Wildman–Crippen MR) is 141 cm³/mol. The van der Waals surface area contributed by atoms with Crippen LogP contribution in [0.4, 0.5) is 5.82 Å². The van der Waals surface area contributed by atoms with E-state index in [1.165, 1.54) is 6.33 Å². The van der Waals surface area contributed by atoms with E-state index in [1.807, 2.05) is 92.7 Å². The first kappa shape index (κ1) is 23.5. The highest BCUT2D eigenvalue weighted by Gasteiger charge is 2.19. The van der Waals surface area contributed by atoms with Gasteiger partial charge in [-0.15, -0.1) is 0 Å². The minimum Gasteiger partial charge on any atom is -0.457 e. The van der Waals surface area contributed by atoms with Crippen LogP contribution in [0.2, 0.25) is 0 Å². The third-order valence-electron chi connectivity index (χ3n) is 5.95. The quantitative estimate of drug-likeness (QED) is 0.295. The fourth-order valence-electron chi connectivity index (χ4n) is 3.81. The molecule has 0 aliphatic heterocycles. The van der Waals surface area contributed by atoms with E-state index in [-0.39, 0.29) is 12.1 Å². The van der Waals surface area contributed by atoms with E-state index in [0.717, 1.165) is 28.3 Å². The van der Waals surface area contributed by atoms with Gasteiger partial charge in [-0.3, -0.25) is 0 Å². The maximum Gasteiger partial charge on any atom is 0.169 e. The summed E-state index contributed by atoms with van der Waals surface area (Å²) in [7, 11) is 0. The van der Waals surface area contributed by atoms with Crippen LogP contribution in [0.15, 0.2) is 85.2 Å². The molecule has 0 amide bonds. The number of aromatic nitrogens is 4. The molecule has 2 heterocycles. The normalized spacial score (nSPS) is 11.6. The Balaban J connectivity index is 1.46. The molecule has 0 unspecified atom stereocenters. The Hall–Kier alpha value is -4.27. The number of ether oxygens (including phenoxy) is 1. The minimum atomic E-state index is -0.345. The van der Waals surface area contributed by atoms with E-state index in [0.29, 0.717) is 29.1 Å². The molecule has 3 aromatic carbocycles. The fourth-order valence-corrected chi connectivity index (χ4v) is 3.81. The van der Waals surface area contributed by atoms with Gasteiger partial charge in [0.05, 0.1) is 17.7 Å². The summed E-state index contributed by atoms with van der Waals surface area (Å²) >= 11 is 0. The van der Waals surface area contributed by atoms with Gasteiger partial charge in [0.15, 0.2) is 5.65 Å². The van der Waals surface area contributed by atoms with Gasteiger partial charge in [-0.2, -0.15) is 5.10 Å². The Kier molecular flexibility index (Phi) is 6.37. The summed E-state index contributed by atoms with van der Waals surface area (Å²) < 4.78 is 7.70. The molecule has 0 atom stereocenters. The molecule has 8 heteroatoms. The van der Waals surface area contributed by atoms with Gasteiger partial charge in [0.25, 0.3) is 0 Å². The maximum absolute atomic E-state index is 9.46. The molecule has 8 nitrogen and oxygen atoms in total. The Morgan fingerprint density at radius 2 is 1.61 bits per heavy atom. The molecule has 36 heavy (non-hydrogen) atoms. The Morgan fingerprint density at radius 1 is 0.917 bits per heavy atom. The van der Waals surface area contributed by atoms with Crippen LogP contribution in [0.1, 0.15) is 19.4 Å². The molecular weight excluding hydrogens is 452 g/mol. The molecule has 0 fully saturated rings. The standard InChI is InChI=1S/C28H28N6O2/c1-28(2,17-35)32-16-19-8-12-21(13-9-19)34-27-24(26(29)30-18-31-27)25(33-34)20-10-14-23(15-11-20)36-22-6-4-3-5-7-22/h3-15,18,32,35H,16-17H2,1-2H3,(H2,29,30,31). The van der Waals surface area contributed by atoms with Crippen molar-refractivity contribution in [2.24, 2.45) is 0 Å². The molecular formula is C28H28N6O2. The zero-order valence-electron chi connectivity index (χ0n) is 20.2. The molecule has 0 radical (unpaired) electrons. The number of aliphatic hydroxyl groups is 1. The molecule has 182 valence electrons. The van der Waals surface area contributed by atoms with Crippen molar-refractivity contribution in [3.05, 3.63) is 90.8 Å². The van der Waals surface area contributed by atoms with Crippen molar-refractivity contribution in [1.82, 2.24) is 25.1 Å². The second-order valence-corrected chi connectivity index (χ2v) is 9.22. The van der Waals surface area contributed by atoms with Crippen LogP contribution in [-0.2, 0) is 6.54 Å². The largest absolute Gasteiger partial charge is 0.457 e. The Morgan fingerprint density at radius 3 is 2.31 bits per heavy atom. The number of aliphatic hydroxyl groups excluding tert-OH is 1. The number of benzene rings is 3. The lowest BCUT2D eigenvalue weighted by molar-refractivity contribution is 0.187. The monoisotopic (exact) mass is 480 g/mol. The van der Waals surface area contributed by atoms with Gasteiger partial charge in [0.1, 0.15) is 29.3 Å². The van der Waals surface area contributed by atoms with E-state index in [1.54, 1.807) is 4.68 Å². The molecule has 0 spiro atoms. The third kappa shape index (κ3) is 4.91. The number of rotatable bonds is 8. The third-order valence-corrected chi connectivity index (χ3v) is 5.95. The first-order valence-corrected chi connectivity index (χ1v) is 11.7. The molecule has 5 aromatic rings. The summed E-state index contributed by atoms with van der Waals surface area (Å²) in [6.45, 7) is 4.63. The maximum atomic E-state index is 9.46. The molecule has 0 saturated carbocycles. The number of nitrogen functional groups attached to an aromatic ring is 1. The zero-order valence-corrected chi connectivity index (χ0v) is 20.2. The van der Waals surface area contributed by atoms with Gasteiger partial charge >= 0.3 is 0 Å². The number of hydrogen-bond acceptors (Lipinski definition) is 7. The highest BCUT2D eigenvalue weighted by atomic mass is 16.5. The van der Waals surface area contributed by atoms with E-state index in [9.17, 15) is 5.11 Å². The summed E-state index contributed by atoms with van der Waals surface area (Å²) in [6.07, 6.45) is 1.45. The van der Waals surface area contributed by atoms with Crippen LogP contribution < -0.4 is 15.8 Å². The van der Waals surface area contributed by atoms with Crippen LogP contribution in [0.5, 0.6) is 11.5 Å². The Labute approximate surface area is 209 Å². The summed E-state index contributed by atoms with van der Waals surface area (Å²) in [6, 6.07) is 25.4. The van der Waals surface area contributed by atoms with Crippen molar-refractivity contribution >= 4 is 16.9 Å². The second kappa shape index (κ2) is 9.77. The van der Waals surface area contributed by atoms with Crippen molar-refractivity contribution in [3.8, 4) is 28.4 Å². The van der Waals surface area contributed by atoms with Crippen molar-refractivity contribution in [3.63, 3.8) is 0 Å². The predicted octanol–water partition coefficient (Wildman–Crippen LogP) is 4.72. The average molecular weight is 481 g/mol. The SMILES string of the molecule is CC(C)(CO)NCc1ccc(-n2nc(-c3ccc(Oc4ccccc4)cc3)c3c(N)ncnc32)cc1. The minimum absolute atomic E-state index is 0.0631. The van der Waals surface area contributed by atoms with Crippen molar-refractivity contribution in [1.29, 1.82) is 0 Å². The van der Waals surface area contributed by atoms with Crippen LogP contribution in [0.25, 0.3) is 28.0 Å². The van der Waals surface area contributed by atoms with Gasteiger partial charge in [0.2, 0.25) is 0 Å². The molecule has 0 bridgehead atoms. The van der Waals surface area contributed by atoms with E-state index < -0.39 is 0 Å². The van der Waals surface area contributed by atoms with Crippen LogP contribution in [-0.4, -0.2) is 37.0 Å². The number of nitrogens with zero attached hydrogens (tertiary/aromatic N) is 4. The lowest BCUT2D eigenvalue weighted by atomic mass is 10.1. The molecule has 5 rings (SSSR count). The summed E-state index contributed by atoms with van der Waals surface area (Å²) in [5, 5.41) is 18.4. The topological polar surface area (TPSA) is 111 Å². The van der Waals surface area contributed by atoms with Gasteiger partial charge in [0, 0.05) is 17.6 Å². The zero-order chi connectivity index (χ0) is 25.1. The number of nitrogens with two attached hydrogens (primary N) is 1. The van der Waals surface area contributed by atoms with Crippen LogP contribution in [0, 0.1) is 0 Å². The summed E-state index contributed by atoms with van der Waals surface area (Å²) in [4.78, 5) is 8.69. The second-order valence-electron chi connectivity index (χ2n) is 9.22. The number of anilines is 1. The van der Waals surface area contributed by atoms with Crippen molar-refractivity contribution in [2.45, 2.75) is 25.9 Å². The van der Waals surface area contributed by atoms with Crippen LogP contribution >= 0.6 is 0 Å². The first-order valence-electron chi connectivity index (χ1n) is 11.7. The molecule has 4 N–H and O–H groups in total. The van der Waals surface area contributed by atoms with E-state index in [2.05, 4.69) is 15.3 Å². The lowest BCUT2D eigenvalue weighted by Gasteiger charge is -2.23. The van der Waals surface area contributed by atoms with Gasteiger partial charge in [-0.25, -0.2) is 14.6 Å². The number of hydrogen-bond donors (Lipinski definition) is 3. The van der Waals surface area contributed by atoms with Gasteiger partial charge in [-0.05, 0) is 67.9 Å². The van der Waals surface area contributed by atoms with E-state index in [4.69, 9.17) is 15.6 Å². The molecule has 2 aromatic heterocycles. The summed E-state index contributed by atoms with van der Waals surface area (Å²) in [5.41, 5.74) is 10.1. The highest BCUT2D eigenvalue weighted by Crippen LogP contribution is 2.33. The molecule has 0 aliphatic rings.